The molecule has 3 rings (SSSR count). The Labute approximate surface area is 233 Å². The van der Waals surface area contributed by atoms with Crippen LogP contribution < -0.4 is 10.4 Å². The van der Waals surface area contributed by atoms with E-state index in [1.165, 1.54) is 42.5 Å². The van der Waals surface area contributed by atoms with Crippen molar-refractivity contribution in [3.05, 3.63) is 73.3 Å². The summed E-state index contributed by atoms with van der Waals surface area (Å²) < 4.78 is 7.29. The minimum Gasteiger partial charge on any atom is -0.407 e. The molecule has 3 nitrogen and oxygen atoms in total. The van der Waals surface area contributed by atoms with E-state index in [0.717, 1.165) is 45.1 Å². The van der Waals surface area contributed by atoms with Gasteiger partial charge in [0.15, 0.2) is 0 Å². The van der Waals surface area contributed by atoms with Crippen LogP contribution in [0.3, 0.4) is 0 Å². The van der Waals surface area contributed by atoms with Crippen LogP contribution in [0.1, 0.15) is 91.4 Å². The molecule has 0 amide bonds. The maximum Gasteiger partial charge on any atom is 0.261 e. The molecule has 1 fully saturated rings. The number of hydrogen-bond acceptors (Lipinski definition) is 3. The van der Waals surface area contributed by atoms with Crippen molar-refractivity contribution >= 4 is 18.7 Å². The highest BCUT2D eigenvalue weighted by atomic mass is 28.4. The molecule has 0 saturated heterocycles. The minimum absolute atomic E-state index is 0.0243. The van der Waals surface area contributed by atoms with Crippen LogP contribution in [0.4, 0.5) is 0 Å². The average molecular weight is 537 g/mol. The van der Waals surface area contributed by atoms with E-state index in [-0.39, 0.29) is 23.7 Å². The fourth-order valence-corrected chi connectivity index (χ4v) is 11.3. The number of aliphatic hydroxyl groups is 2. The van der Waals surface area contributed by atoms with Crippen LogP contribution in [0.15, 0.2) is 73.3 Å². The van der Waals surface area contributed by atoms with Crippen LogP contribution in [0.5, 0.6) is 0 Å². The summed E-state index contributed by atoms with van der Waals surface area (Å²) in [5, 5.41) is 23.3. The van der Waals surface area contributed by atoms with Gasteiger partial charge in [0.05, 0.1) is 13.2 Å². The lowest BCUT2D eigenvalue weighted by Crippen LogP contribution is -2.66. The van der Waals surface area contributed by atoms with E-state index in [9.17, 15) is 10.2 Å². The molecule has 0 radical (unpaired) electrons. The zero-order chi connectivity index (χ0) is 27.5. The van der Waals surface area contributed by atoms with E-state index in [4.69, 9.17) is 4.43 Å². The van der Waals surface area contributed by atoms with Crippen molar-refractivity contribution < 1.29 is 14.6 Å². The van der Waals surface area contributed by atoms with Gasteiger partial charge in [0, 0.05) is 12.0 Å². The molecule has 0 spiro atoms. The molecule has 2 N–H and O–H groups in total. The number of aliphatic hydroxyl groups excluding tert-OH is 2. The molecule has 0 heterocycles. The highest BCUT2D eigenvalue weighted by Crippen LogP contribution is 2.47. The zero-order valence-electron chi connectivity index (χ0n) is 24.3. The van der Waals surface area contributed by atoms with E-state index >= 15 is 0 Å². The van der Waals surface area contributed by atoms with Gasteiger partial charge in [-0.25, -0.2) is 0 Å². The predicted molar refractivity (Wildman–Crippen MR) is 164 cm³/mol. The number of hydrogen-bond donors (Lipinski definition) is 2. The molecule has 4 heteroatoms. The van der Waals surface area contributed by atoms with Gasteiger partial charge in [-0.1, -0.05) is 107 Å². The lowest BCUT2D eigenvalue weighted by molar-refractivity contribution is 0.0156. The van der Waals surface area contributed by atoms with Gasteiger partial charge in [0.2, 0.25) is 0 Å². The Morgan fingerprint density at radius 2 is 1.39 bits per heavy atom. The minimum atomic E-state index is -2.55. The Kier molecular flexibility index (Phi) is 11.4. The predicted octanol–water partition coefficient (Wildman–Crippen LogP) is 7.01. The van der Waals surface area contributed by atoms with Gasteiger partial charge in [-0.15, -0.1) is 6.58 Å². The summed E-state index contributed by atoms with van der Waals surface area (Å²) >= 11 is 0. The summed E-state index contributed by atoms with van der Waals surface area (Å²) in [4.78, 5) is 0. The van der Waals surface area contributed by atoms with E-state index in [0.29, 0.717) is 0 Å². The van der Waals surface area contributed by atoms with Crippen LogP contribution in [0.25, 0.3) is 0 Å². The van der Waals surface area contributed by atoms with Crippen LogP contribution in [-0.4, -0.2) is 38.4 Å². The van der Waals surface area contributed by atoms with Crippen LogP contribution in [0, 0.1) is 10.8 Å². The van der Waals surface area contributed by atoms with Crippen molar-refractivity contribution in [2.45, 2.75) is 96.4 Å². The molecule has 1 saturated carbocycles. The Bertz CT molecular complexity index is 901. The lowest BCUT2D eigenvalue weighted by atomic mass is 9.66. The molecular weight excluding hydrogens is 484 g/mol. The summed E-state index contributed by atoms with van der Waals surface area (Å²) in [5.41, 5.74) is -0.177. The Morgan fingerprint density at radius 1 is 0.842 bits per heavy atom. The third-order valence-corrected chi connectivity index (χ3v) is 14.3. The topological polar surface area (TPSA) is 49.7 Å². The third kappa shape index (κ3) is 7.27. The molecule has 210 valence electrons. The molecule has 38 heavy (non-hydrogen) atoms. The van der Waals surface area contributed by atoms with Gasteiger partial charge in [0.1, 0.15) is 0 Å². The summed E-state index contributed by atoms with van der Waals surface area (Å²) in [6, 6.07) is 21.8. The van der Waals surface area contributed by atoms with Crippen molar-refractivity contribution in [1.82, 2.24) is 0 Å². The molecule has 1 aliphatic rings. The van der Waals surface area contributed by atoms with E-state index in [1.54, 1.807) is 0 Å². The highest BCUT2D eigenvalue weighted by Gasteiger charge is 2.50. The molecule has 1 aliphatic carbocycles. The third-order valence-electron chi connectivity index (χ3n) is 9.25. The van der Waals surface area contributed by atoms with Crippen LogP contribution >= 0.6 is 0 Å². The molecule has 2 aromatic carbocycles. The second-order valence-electron chi connectivity index (χ2n) is 12.8. The maximum atomic E-state index is 10.3. The monoisotopic (exact) mass is 536 g/mol. The molecular formula is C34H52O3Si. The molecule has 0 unspecified atom stereocenters. The Hall–Kier alpha value is -1.72. The van der Waals surface area contributed by atoms with Crippen molar-refractivity contribution in [2.75, 3.05) is 19.8 Å². The van der Waals surface area contributed by atoms with E-state index in [1.807, 2.05) is 6.08 Å². The Balaban J connectivity index is 1.85. The Morgan fingerprint density at radius 3 is 1.87 bits per heavy atom. The molecule has 2 aromatic rings. The molecule has 0 aliphatic heterocycles. The fraction of sp³-hybridized carbons (Fsp3) is 0.588. The second kappa shape index (κ2) is 14.1. The smallest absolute Gasteiger partial charge is 0.261 e. The first-order valence-corrected chi connectivity index (χ1v) is 16.7. The lowest BCUT2D eigenvalue weighted by Gasteiger charge is -2.45. The van der Waals surface area contributed by atoms with Gasteiger partial charge in [-0.05, 0) is 72.2 Å². The molecule has 0 bridgehead atoms. The SMILES string of the molecule is C=CCCCC(CO)(CO)CCC1(CCO[Si](c2ccccc2)(c2ccccc2)C(C)(C)C)CCCCC1. The van der Waals surface area contributed by atoms with Crippen molar-refractivity contribution in [2.24, 2.45) is 10.8 Å². The van der Waals surface area contributed by atoms with E-state index < -0.39 is 13.7 Å². The first-order chi connectivity index (χ1) is 18.3. The van der Waals surface area contributed by atoms with Gasteiger partial charge in [-0.3, -0.25) is 0 Å². The number of unbranched alkanes of at least 4 members (excludes halogenated alkanes) is 1. The van der Waals surface area contributed by atoms with Gasteiger partial charge in [-0.2, -0.15) is 0 Å². The van der Waals surface area contributed by atoms with Gasteiger partial charge < -0.3 is 14.6 Å². The average Bonchev–Trinajstić information content (AvgIpc) is 2.94. The van der Waals surface area contributed by atoms with Crippen LogP contribution in [0.2, 0.25) is 5.04 Å². The summed E-state index contributed by atoms with van der Waals surface area (Å²) in [6.07, 6.45) is 13.9. The van der Waals surface area contributed by atoms with Crippen molar-refractivity contribution in [3.63, 3.8) is 0 Å². The highest BCUT2D eigenvalue weighted by molar-refractivity contribution is 6.99. The summed E-state index contributed by atoms with van der Waals surface area (Å²) in [5.74, 6) is 0. The molecule has 0 aromatic heterocycles. The summed E-state index contributed by atoms with van der Waals surface area (Å²) in [7, 11) is -2.55. The van der Waals surface area contributed by atoms with Crippen molar-refractivity contribution in [3.8, 4) is 0 Å². The van der Waals surface area contributed by atoms with Gasteiger partial charge in [0.25, 0.3) is 8.32 Å². The van der Waals surface area contributed by atoms with Gasteiger partial charge >= 0.3 is 0 Å². The maximum absolute atomic E-state index is 10.3. The first-order valence-electron chi connectivity index (χ1n) is 14.8. The number of allylic oxidation sites excluding steroid dienone is 1. The summed E-state index contributed by atoms with van der Waals surface area (Å²) in [6.45, 7) is 11.7. The number of rotatable bonds is 15. The van der Waals surface area contributed by atoms with E-state index in [2.05, 4.69) is 88.0 Å². The first kappa shape index (κ1) is 30.8. The fourth-order valence-electron chi connectivity index (χ4n) is 6.75. The normalized spacial score (nSPS) is 16.3. The largest absolute Gasteiger partial charge is 0.407 e. The quantitative estimate of drug-likeness (QED) is 0.146. The second-order valence-corrected chi connectivity index (χ2v) is 17.1. The number of benzene rings is 2. The standard InChI is InChI=1S/C34H52O3Si/c1-5-6-14-23-34(28-35,29-36)25-24-33(21-15-9-16-22-33)26-27-37-38(32(2,3)4,30-17-10-7-11-18-30)31-19-12-8-13-20-31/h5,7-8,10-13,17-20,35-36H,1,6,9,14-16,21-29H2,2-4H3. The van der Waals surface area contributed by atoms with Crippen molar-refractivity contribution in [1.29, 1.82) is 0 Å². The zero-order valence-corrected chi connectivity index (χ0v) is 25.3. The molecule has 0 atom stereocenters. The van der Waals surface area contributed by atoms with Crippen LogP contribution in [-0.2, 0) is 4.43 Å².